The van der Waals surface area contributed by atoms with E-state index in [4.69, 9.17) is 14.6 Å². The van der Waals surface area contributed by atoms with Gasteiger partial charge in [-0.25, -0.2) is 0 Å². The number of aliphatic imine (C=N–C) groups is 1. The van der Waals surface area contributed by atoms with Crippen LogP contribution in [0.15, 0.2) is 4.99 Å². The molecule has 1 rings (SSSR count). The van der Waals surface area contributed by atoms with Gasteiger partial charge in [0.15, 0.2) is 5.96 Å². The molecule has 0 aromatic heterocycles. The molecule has 0 radical (unpaired) electrons. The van der Waals surface area contributed by atoms with Gasteiger partial charge in [0.25, 0.3) is 0 Å². The molecule has 3 N–H and O–H groups in total. The molecule has 130 valence electrons. The standard InChI is InChI=1S/C16H33N3O3/c1-3-17-16(19-11-14(2)12-20)18-7-4-8-22-13-15-5-9-21-10-6-15/h14-15,20H,3-13H2,1-2H3,(H2,17,18,19). The highest BCUT2D eigenvalue weighted by Gasteiger charge is 2.13. The van der Waals surface area contributed by atoms with Crippen LogP contribution in [0.25, 0.3) is 0 Å². The molecule has 0 saturated carbocycles. The van der Waals surface area contributed by atoms with Crippen LogP contribution in [-0.4, -0.2) is 63.7 Å². The molecule has 6 heteroatoms. The molecular weight excluding hydrogens is 282 g/mol. The third-order valence-corrected chi connectivity index (χ3v) is 3.67. The normalized spacial score (nSPS) is 18.2. The monoisotopic (exact) mass is 315 g/mol. The van der Waals surface area contributed by atoms with Crippen molar-refractivity contribution < 1.29 is 14.6 Å². The smallest absolute Gasteiger partial charge is 0.191 e. The van der Waals surface area contributed by atoms with Gasteiger partial charge in [-0.15, -0.1) is 0 Å². The summed E-state index contributed by atoms with van der Waals surface area (Å²) in [6, 6.07) is 0. The third-order valence-electron chi connectivity index (χ3n) is 3.67. The zero-order valence-corrected chi connectivity index (χ0v) is 14.1. The molecular formula is C16H33N3O3. The Morgan fingerprint density at radius 2 is 2.14 bits per heavy atom. The molecule has 1 saturated heterocycles. The number of hydrogen-bond donors (Lipinski definition) is 3. The molecule has 0 bridgehead atoms. The molecule has 0 aromatic carbocycles. The number of aliphatic hydroxyl groups is 1. The first-order valence-electron chi connectivity index (χ1n) is 8.54. The van der Waals surface area contributed by atoms with Crippen molar-refractivity contribution in [3.63, 3.8) is 0 Å². The minimum atomic E-state index is 0.170. The van der Waals surface area contributed by atoms with E-state index in [0.717, 1.165) is 64.7 Å². The molecule has 1 aliphatic heterocycles. The lowest BCUT2D eigenvalue weighted by molar-refractivity contribution is 0.0203. The van der Waals surface area contributed by atoms with Crippen LogP contribution in [0.5, 0.6) is 0 Å². The van der Waals surface area contributed by atoms with E-state index in [2.05, 4.69) is 15.6 Å². The molecule has 22 heavy (non-hydrogen) atoms. The van der Waals surface area contributed by atoms with E-state index in [1.165, 1.54) is 0 Å². The lowest BCUT2D eigenvalue weighted by Gasteiger charge is -2.21. The van der Waals surface area contributed by atoms with Crippen molar-refractivity contribution in [2.45, 2.75) is 33.1 Å². The maximum atomic E-state index is 9.02. The Morgan fingerprint density at radius 3 is 2.82 bits per heavy atom. The van der Waals surface area contributed by atoms with Crippen LogP contribution < -0.4 is 10.6 Å². The summed E-state index contributed by atoms with van der Waals surface area (Å²) >= 11 is 0. The van der Waals surface area contributed by atoms with E-state index in [-0.39, 0.29) is 12.5 Å². The molecule has 0 spiro atoms. The predicted molar refractivity (Wildman–Crippen MR) is 89.2 cm³/mol. The average Bonchev–Trinajstić information content (AvgIpc) is 2.56. The van der Waals surface area contributed by atoms with Crippen LogP contribution in [0, 0.1) is 11.8 Å². The Bertz CT molecular complexity index is 294. The van der Waals surface area contributed by atoms with Crippen molar-refractivity contribution in [1.82, 2.24) is 10.6 Å². The first-order chi connectivity index (χ1) is 10.8. The highest BCUT2D eigenvalue weighted by atomic mass is 16.5. The van der Waals surface area contributed by atoms with E-state index in [0.29, 0.717) is 12.5 Å². The van der Waals surface area contributed by atoms with Gasteiger partial charge in [-0.3, -0.25) is 4.99 Å². The summed E-state index contributed by atoms with van der Waals surface area (Å²) in [4.78, 5) is 4.46. The van der Waals surface area contributed by atoms with Crippen LogP contribution in [0.4, 0.5) is 0 Å². The van der Waals surface area contributed by atoms with Crippen LogP contribution >= 0.6 is 0 Å². The van der Waals surface area contributed by atoms with Crippen molar-refractivity contribution in [2.24, 2.45) is 16.8 Å². The van der Waals surface area contributed by atoms with Crippen LogP contribution in [-0.2, 0) is 9.47 Å². The second-order valence-corrected chi connectivity index (χ2v) is 5.92. The first-order valence-corrected chi connectivity index (χ1v) is 8.54. The van der Waals surface area contributed by atoms with Gasteiger partial charge in [0.2, 0.25) is 0 Å². The van der Waals surface area contributed by atoms with Gasteiger partial charge in [-0.2, -0.15) is 0 Å². The molecule has 1 fully saturated rings. The Balaban J connectivity index is 2.06. The van der Waals surface area contributed by atoms with Gasteiger partial charge < -0.3 is 25.2 Å². The summed E-state index contributed by atoms with van der Waals surface area (Å²) in [6.07, 6.45) is 3.21. The van der Waals surface area contributed by atoms with Gasteiger partial charge >= 0.3 is 0 Å². The lowest BCUT2D eigenvalue weighted by Crippen LogP contribution is -2.38. The fourth-order valence-electron chi connectivity index (χ4n) is 2.19. The molecule has 1 aliphatic rings. The quantitative estimate of drug-likeness (QED) is 0.319. The predicted octanol–water partition coefficient (Wildman–Crippen LogP) is 1.00. The minimum Gasteiger partial charge on any atom is -0.396 e. The maximum absolute atomic E-state index is 9.02. The third kappa shape index (κ3) is 9.23. The number of rotatable bonds is 10. The largest absolute Gasteiger partial charge is 0.396 e. The van der Waals surface area contributed by atoms with Crippen LogP contribution in [0.2, 0.25) is 0 Å². The zero-order chi connectivity index (χ0) is 16.0. The molecule has 1 unspecified atom stereocenters. The van der Waals surface area contributed by atoms with Crippen molar-refractivity contribution >= 4 is 5.96 Å². The number of ether oxygens (including phenoxy) is 2. The van der Waals surface area contributed by atoms with E-state index < -0.39 is 0 Å². The molecule has 1 atom stereocenters. The Kier molecular flexibility index (Phi) is 11.1. The van der Waals surface area contributed by atoms with Gasteiger partial charge in [0.1, 0.15) is 0 Å². The van der Waals surface area contributed by atoms with Crippen molar-refractivity contribution in [1.29, 1.82) is 0 Å². The number of hydrogen-bond acceptors (Lipinski definition) is 4. The highest BCUT2D eigenvalue weighted by molar-refractivity contribution is 5.79. The molecule has 6 nitrogen and oxygen atoms in total. The second kappa shape index (κ2) is 12.7. The molecule has 0 aliphatic carbocycles. The lowest BCUT2D eigenvalue weighted by atomic mass is 10.0. The van der Waals surface area contributed by atoms with E-state index in [1.807, 2.05) is 13.8 Å². The van der Waals surface area contributed by atoms with Crippen LogP contribution in [0.1, 0.15) is 33.1 Å². The summed E-state index contributed by atoms with van der Waals surface area (Å²) in [5, 5.41) is 15.5. The van der Waals surface area contributed by atoms with E-state index in [9.17, 15) is 0 Å². The summed E-state index contributed by atoms with van der Waals surface area (Å²) in [6.45, 7) is 9.89. The summed E-state index contributed by atoms with van der Waals surface area (Å²) in [7, 11) is 0. The Morgan fingerprint density at radius 1 is 1.36 bits per heavy atom. The fourth-order valence-corrected chi connectivity index (χ4v) is 2.19. The topological polar surface area (TPSA) is 75.1 Å². The number of guanidine groups is 1. The Labute approximate surface area is 134 Å². The number of nitrogens with one attached hydrogen (secondary N) is 2. The maximum Gasteiger partial charge on any atom is 0.191 e. The number of aliphatic hydroxyl groups excluding tert-OH is 1. The highest BCUT2D eigenvalue weighted by Crippen LogP contribution is 2.14. The molecule has 1 heterocycles. The van der Waals surface area contributed by atoms with Gasteiger partial charge in [0, 0.05) is 52.7 Å². The number of nitrogens with zero attached hydrogens (tertiary/aromatic N) is 1. The zero-order valence-electron chi connectivity index (χ0n) is 14.1. The average molecular weight is 315 g/mol. The summed E-state index contributed by atoms with van der Waals surface area (Å²) in [5.41, 5.74) is 0. The van der Waals surface area contributed by atoms with Crippen molar-refractivity contribution in [3.8, 4) is 0 Å². The Hall–Kier alpha value is -0.850. The summed E-state index contributed by atoms with van der Waals surface area (Å²) < 4.78 is 11.1. The fraction of sp³-hybridized carbons (Fsp3) is 0.938. The second-order valence-electron chi connectivity index (χ2n) is 5.92. The van der Waals surface area contributed by atoms with E-state index in [1.54, 1.807) is 0 Å². The molecule has 0 amide bonds. The van der Waals surface area contributed by atoms with Crippen molar-refractivity contribution in [2.75, 3.05) is 52.7 Å². The minimum absolute atomic E-state index is 0.170. The van der Waals surface area contributed by atoms with Crippen LogP contribution in [0.3, 0.4) is 0 Å². The van der Waals surface area contributed by atoms with Gasteiger partial charge in [0.05, 0.1) is 0 Å². The first kappa shape index (κ1) is 19.2. The SMILES string of the molecule is CCNC(=NCC(C)CO)NCCCOCC1CCOCC1. The van der Waals surface area contributed by atoms with Crippen molar-refractivity contribution in [3.05, 3.63) is 0 Å². The van der Waals surface area contributed by atoms with Gasteiger partial charge in [-0.05, 0) is 38.0 Å². The summed E-state index contributed by atoms with van der Waals surface area (Å²) in [5.74, 6) is 1.67. The van der Waals surface area contributed by atoms with E-state index >= 15 is 0 Å². The molecule has 0 aromatic rings. The van der Waals surface area contributed by atoms with Gasteiger partial charge in [-0.1, -0.05) is 6.92 Å².